The average molecular weight is 623 g/mol. The van der Waals surface area contributed by atoms with E-state index in [2.05, 4.69) is 9.97 Å². The molecule has 0 saturated carbocycles. The lowest BCUT2D eigenvalue weighted by Crippen LogP contribution is -2.62. The molecule has 1 aliphatic rings. The first-order valence-corrected chi connectivity index (χ1v) is 14.3. The lowest BCUT2D eigenvalue weighted by atomic mass is 9.71. The standard InChI is InChI=1S/C32H33F3N6O4/c1-5-31(36)13-26(25-11-22(32(33,34)35)7-8-27(25)41(31)30(42)45-6-2)28(19-9-23(43-3)12-24(10-19)44-4)29-39-16-21(17-40-29)20-14-37-18-38-15-20/h7-12,14-18,26,28H,5-6,13,36H2,1-4H3/t26-,28?,31-/m1/s1. The normalized spacial score (nSPS) is 18.6. The zero-order valence-corrected chi connectivity index (χ0v) is 25.2. The first kappa shape index (κ1) is 31.6. The van der Waals surface area contributed by atoms with E-state index in [0.29, 0.717) is 34.0 Å². The molecule has 10 nitrogen and oxygen atoms in total. The van der Waals surface area contributed by atoms with Gasteiger partial charge in [0.05, 0.1) is 43.7 Å². The van der Waals surface area contributed by atoms with Gasteiger partial charge in [0.2, 0.25) is 0 Å². The van der Waals surface area contributed by atoms with Gasteiger partial charge in [-0.05, 0) is 61.2 Å². The summed E-state index contributed by atoms with van der Waals surface area (Å²) in [6, 6.07) is 8.52. The number of halogens is 3. The van der Waals surface area contributed by atoms with Crippen LogP contribution in [0.3, 0.4) is 0 Å². The second kappa shape index (κ2) is 12.7. The number of rotatable bonds is 8. The van der Waals surface area contributed by atoms with Crippen LogP contribution in [0.4, 0.5) is 23.7 Å². The van der Waals surface area contributed by atoms with Gasteiger partial charge in [-0.1, -0.05) is 6.92 Å². The maximum atomic E-state index is 14.1. The number of fused-ring (bicyclic) bond motifs is 1. The van der Waals surface area contributed by atoms with Gasteiger partial charge in [0.25, 0.3) is 0 Å². The number of hydrogen-bond acceptors (Lipinski definition) is 9. The lowest BCUT2D eigenvalue weighted by molar-refractivity contribution is -0.137. The van der Waals surface area contributed by atoms with E-state index in [1.165, 1.54) is 31.5 Å². The molecule has 0 bridgehead atoms. The molecular weight excluding hydrogens is 589 g/mol. The third-order valence-electron chi connectivity index (χ3n) is 8.06. The Morgan fingerprint density at radius 2 is 1.62 bits per heavy atom. The van der Waals surface area contributed by atoms with Crippen molar-refractivity contribution in [1.29, 1.82) is 0 Å². The summed E-state index contributed by atoms with van der Waals surface area (Å²) in [6.07, 6.45) is 2.85. The first-order valence-electron chi connectivity index (χ1n) is 14.3. The van der Waals surface area contributed by atoms with Crippen LogP contribution in [0.2, 0.25) is 0 Å². The van der Waals surface area contributed by atoms with E-state index in [4.69, 9.17) is 29.9 Å². The molecule has 4 aromatic rings. The van der Waals surface area contributed by atoms with E-state index < -0.39 is 35.3 Å². The van der Waals surface area contributed by atoms with Gasteiger partial charge in [-0.3, -0.25) is 4.90 Å². The van der Waals surface area contributed by atoms with Gasteiger partial charge in [0, 0.05) is 47.9 Å². The largest absolute Gasteiger partial charge is 0.497 e. The predicted molar refractivity (Wildman–Crippen MR) is 160 cm³/mol. The molecule has 1 amide bonds. The van der Waals surface area contributed by atoms with Crippen molar-refractivity contribution >= 4 is 11.8 Å². The number of amides is 1. The van der Waals surface area contributed by atoms with Crippen LogP contribution in [0.25, 0.3) is 11.1 Å². The van der Waals surface area contributed by atoms with E-state index in [1.807, 2.05) is 6.92 Å². The summed E-state index contributed by atoms with van der Waals surface area (Å²) in [7, 11) is 3.01. The molecule has 5 rings (SSSR count). The fraction of sp³-hybridized carbons (Fsp3) is 0.344. The second-order valence-electron chi connectivity index (χ2n) is 10.7. The summed E-state index contributed by atoms with van der Waals surface area (Å²) in [5, 5.41) is 0. The molecule has 1 aliphatic heterocycles. The molecule has 3 heterocycles. The van der Waals surface area contributed by atoms with Gasteiger partial charge in [0.15, 0.2) is 0 Å². The van der Waals surface area contributed by atoms with Crippen molar-refractivity contribution in [3.05, 3.63) is 90.0 Å². The number of hydrogen-bond donors (Lipinski definition) is 1. The Hall–Kier alpha value is -4.78. The minimum Gasteiger partial charge on any atom is -0.497 e. The lowest BCUT2D eigenvalue weighted by Gasteiger charge is -2.48. The Labute approximate surface area is 258 Å². The van der Waals surface area contributed by atoms with E-state index in [1.54, 1.807) is 49.9 Å². The Morgan fingerprint density at radius 3 is 2.18 bits per heavy atom. The number of carbonyl (C=O) groups is 1. The molecule has 2 aromatic carbocycles. The highest BCUT2D eigenvalue weighted by Crippen LogP contribution is 2.52. The van der Waals surface area contributed by atoms with Crippen LogP contribution in [-0.4, -0.2) is 52.5 Å². The number of benzene rings is 2. The zero-order valence-electron chi connectivity index (χ0n) is 25.2. The molecule has 1 unspecified atom stereocenters. The quantitative estimate of drug-likeness (QED) is 0.240. The van der Waals surface area contributed by atoms with E-state index in [-0.39, 0.29) is 30.7 Å². The van der Waals surface area contributed by atoms with Gasteiger partial charge < -0.3 is 19.9 Å². The van der Waals surface area contributed by atoms with Gasteiger partial charge in [-0.25, -0.2) is 24.7 Å². The molecule has 0 spiro atoms. The van der Waals surface area contributed by atoms with Crippen molar-refractivity contribution in [3.63, 3.8) is 0 Å². The average Bonchev–Trinajstić information content (AvgIpc) is 3.04. The summed E-state index contributed by atoms with van der Waals surface area (Å²) in [6.45, 7) is 3.53. The highest BCUT2D eigenvalue weighted by Gasteiger charge is 2.49. The summed E-state index contributed by atoms with van der Waals surface area (Å²) < 4.78 is 58.8. The number of methoxy groups -OCH3 is 2. The second-order valence-corrected chi connectivity index (χ2v) is 10.7. The SMILES string of the molecule is CCOC(=O)N1c2ccc(C(F)(F)F)cc2[C@H](C(c2cc(OC)cc(OC)c2)c2ncc(-c3cncnc3)cn2)C[C@@]1(N)CC. The number of nitrogens with two attached hydrogens (primary N) is 1. The van der Waals surface area contributed by atoms with Gasteiger partial charge in [0.1, 0.15) is 23.7 Å². The van der Waals surface area contributed by atoms with Gasteiger partial charge >= 0.3 is 12.3 Å². The number of ether oxygens (including phenoxy) is 3. The van der Waals surface area contributed by atoms with Crippen molar-refractivity contribution in [1.82, 2.24) is 19.9 Å². The summed E-state index contributed by atoms with van der Waals surface area (Å²) >= 11 is 0. The van der Waals surface area contributed by atoms with Crippen molar-refractivity contribution in [3.8, 4) is 22.6 Å². The van der Waals surface area contributed by atoms with E-state index in [9.17, 15) is 18.0 Å². The fourth-order valence-electron chi connectivity index (χ4n) is 5.79. The molecule has 236 valence electrons. The molecule has 3 atom stereocenters. The van der Waals surface area contributed by atoms with Crippen molar-refractivity contribution in [2.45, 2.75) is 50.4 Å². The highest BCUT2D eigenvalue weighted by molar-refractivity contribution is 5.91. The third kappa shape index (κ3) is 6.25. The Morgan fingerprint density at radius 1 is 1.00 bits per heavy atom. The minimum absolute atomic E-state index is 0.0629. The molecule has 0 radical (unpaired) electrons. The predicted octanol–water partition coefficient (Wildman–Crippen LogP) is 6.32. The molecule has 0 aliphatic carbocycles. The van der Waals surface area contributed by atoms with Gasteiger partial charge in [-0.15, -0.1) is 0 Å². The maximum absolute atomic E-state index is 14.1. The molecule has 13 heteroatoms. The van der Waals surface area contributed by atoms with Crippen LogP contribution in [0.1, 0.15) is 61.0 Å². The van der Waals surface area contributed by atoms with Crippen molar-refractivity contribution in [2.75, 3.05) is 25.7 Å². The van der Waals surface area contributed by atoms with Crippen LogP contribution in [0.5, 0.6) is 11.5 Å². The molecule has 0 saturated heterocycles. The number of anilines is 1. The number of nitrogens with zero attached hydrogens (tertiary/aromatic N) is 5. The first-order chi connectivity index (χ1) is 21.5. The summed E-state index contributed by atoms with van der Waals surface area (Å²) in [4.78, 5) is 32.1. The van der Waals surface area contributed by atoms with Crippen LogP contribution in [0, 0.1) is 0 Å². The third-order valence-corrected chi connectivity index (χ3v) is 8.06. The van der Waals surface area contributed by atoms with E-state index in [0.717, 1.165) is 12.1 Å². The topological polar surface area (TPSA) is 126 Å². The summed E-state index contributed by atoms with van der Waals surface area (Å²) in [5.74, 6) is -0.204. The molecule has 2 aromatic heterocycles. The molecule has 2 N–H and O–H groups in total. The number of carbonyl (C=O) groups excluding carboxylic acids is 1. The Bertz CT molecular complexity index is 1630. The van der Waals surface area contributed by atoms with E-state index >= 15 is 0 Å². The Kier molecular flexibility index (Phi) is 8.91. The monoisotopic (exact) mass is 622 g/mol. The van der Waals surface area contributed by atoms with Crippen LogP contribution < -0.4 is 20.1 Å². The van der Waals surface area contributed by atoms with Crippen LogP contribution in [0.15, 0.2) is 67.5 Å². The zero-order chi connectivity index (χ0) is 32.4. The van der Waals surface area contributed by atoms with Crippen molar-refractivity contribution in [2.24, 2.45) is 5.73 Å². The summed E-state index contributed by atoms with van der Waals surface area (Å²) in [5.41, 5.74) is 7.24. The molecular formula is C32H33F3N6O4. The molecule has 45 heavy (non-hydrogen) atoms. The van der Waals surface area contributed by atoms with Crippen LogP contribution >= 0.6 is 0 Å². The Balaban J connectivity index is 1.77. The number of aromatic nitrogens is 4. The minimum atomic E-state index is -4.64. The molecule has 0 fully saturated rings. The fourth-order valence-corrected chi connectivity index (χ4v) is 5.79. The van der Waals surface area contributed by atoms with Crippen molar-refractivity contribution < 1.29 is 32.2 Å². The maximum Gasteiger partial charge on any atom is 0.416 e. The number of alkyl halides is 3. The van der Waals surface area contributed by atoms with Gasteiger partial charge in [-0.2, -0.15) is 13.2 Å². The smallest absolute Gasteiger partial charge is 0.416 e. The van der Waals surface area contributed by atoms with Crippen LogP contribution in [-0.2, 0) is 10.9 Å². The highest BCUT2D eigenvalue weighted by atomic mass is 19.4.